The minimum absolute atomic E-state index is 0.224. The standard InChI is InChI=1S/C26H25BrN4O/c1-17-14-21(19(3)30(17)24-12-10-22(27)11-13-24)16-28-29-26(32)25-15-18(2)31(20(25)4)23-8-6-5-7-9-23/h5-16H,1-4H3,(H,29,32)/b28-16-. The normalized spacial score (nSPS) is 11.3. The Morgan fingerprint density at radius 2 is 1.44 bits per heavy atom. The van der Waals surface area contributed by atoms with E-state index in [-0.39, 0.29) is 5.91 Å². The van der Waals surface area contributed by atoms with Crippen LogP contribution >= 0.6 is 15.9 Å². The van der Waals surface area contributed by atoms with E-state index in [2.05, 4.69) is 60.7 Å². The van der Waals surface area contributed by atoms with Gasteiger partial charge in [-0.05, 0) is 76.2 Å². The van der Waals surface area contributed by atoms with Crippen molar-refractivity contribution in [2.75, 3.05) is 0 Å². The van der Waals surface area contributed by atoms with Gasteiger partial charge in [-0.3, -0.25) is 4.79 Å². The Bertz CT molecular complexity index is 1300. The summed E-state index contributed by atoms with van der Waals surface area (Å²) in [5.74, 6) is -0.224. The molecule has 0 unspecified atom stereocenters. The van der Waals surface area contributed by atoms with E-state index in [0.717, 1.165) is 44.2 Å². The summed E-state index contributed by atoms with van der Waals surface area (Å²) in [5, 5.41) is 4.24. The topological polar surface area (TPSA) is 51.3 Å². The first-order valence-corrected chi connectivity index (χ1v) is 11.2. The Labute approximate surface area is 196 Å². The first kappa shape index (κ1) is 21.8. The highest BCUT2D eigenvalue weighted by molar-refractivity contribution is 9.10. The van der Waals surface area contributed by atoms with Crippen LogP contribution in [0.2, 0.25) is 0 Å². The van der Waals surface area contributed by atoms with Crippen LogP contribution in [0.5, 0.6) is 0 Å². The second kappa shape index (κ2) is 9.01. The lowest BCUT2D eigenvalue weighted by atomic mass is 10.2. The fourth-order valence-electron chi connectivity index (χ4n) is 4.09. The van der Waals surface area contributed by atoms with Crippen molar-refractivity contribution in [1.82, 2.24) is 14.6 Å². The van der Waals surface area contributed by atoms with Crippen molar-refractivity contribution in [2.24, 2.45) is 5.10 Å². The summed E-state index contributed by atoms with van der Waals surface area (Å²) >= 11 is 3.48. The lowest BCUT2D eigenvalue weighted by Gasteiger charge is -2.09. The minimum atomic E-state index is -0.224. The fraction of sp³-hybridized carbons (Fsp3) is 0.154. The molecule has 0 fully saturated rings. The van der Waals surface area contributed by atoms with Gasteiger partial charge in [0.2, 0.25) is 0 Å². The van der Waals surface area contributed by atoms with E-state index in [0.29, 0.717) is 5.56 Å². The lowest BCUT2D eigenvalue weighted by Crippen LogP contribution is -2.18. The number of hydrazone groups is 1. The molecule has 0 aliphatic heterocycles. The van der Waals surface area contributed by atoms with Crippen molar-refractivity contribution in [3.05, 3.63) is 105 Å². The third-order valence-electron chi connectivity index (χ3n) is 5.61. The Balaban J connectivity index is 1.54. The van der Waals surface area contributed by atoms with E-state index in [1.807, 2.05) is 69.3 Å². The molecule has 2 heterocycles. The van der Waals surface area contributed by atoms with Crippen molar-refractivity contribution in [3.8, 4) is 11.4 Å². The number of para-hydroxylation sites is 1. The molecule has 0 radical (unpaired) electrons. The summed E-state index contributed by atoms with van der Waals surface area (Å²) in [6, 6.07) is 22.1. The molecule has 4 aromatic rings. The molecule has 5 nitrogen and oxygen atoms in total. The van der Waals surface area contributed by atoms with Gasteiger partial charge in [0.15, 0.2) is 0 Å². The number of carbonyl (C=O) groups is 1. The molecular formula is C26H25BrN4O. The minimum Gasteiger partial charge on any atom is -0.318 e. The van der Waals surface area contributed by atoms with Crippen molar-refractivity contribution < 1.29 is 4.79 Å². The van der Waals surface area contributed by atoms with E-state index in [1.165, 1.54) is 0 Å². The molecule has 0 atom stereocenters. The van der Waals surface area contributed by atoms with Gasteiger partial charge in [-0.2, -0.15) is 5.10 Å². The fourth-order valence-corrected chi connectivity index (χ4v) is 4.36. The molecular weight excluding hydrogens is 464 g/mol. The van der Waals surface area contributed by atoms with Crippen molar-refractivity contribution >= 4 is 28.1 Å². The molecule has 2 aromatic carbocycles. The average molecular weight is 489 g/mol. The Morgan fingerprint density at radius 1 is 0.844 bits per heavy atom. The SMILES string of the molecule is Cc1cc(/C=N\NC(=O)c2cc(C)n(-c3ccccc3)c2C)c(C)n1-c1ccc(Br)cc1. The Hall–Kier alpha value is -3.38. The van der Waals surface area contributed by atoms with Gasteiger partial charge in [-0.1, -0.05) is 34.1 Å². The molecule has 0 aliphatic carbocycles. The number of hydrogen-bond donors (Lipinski definition) is 1. The molecule has 1 amide bonds. The van der Waals surface area contributed by atoms with E-state index in [1.54, 1.807) is 6.21 Å². The molecule has 32 heavy (non-hydrogen) atoms. The van der Waals surface area contributed by atoms with Gasteiger partial charge in [0, 0.05) is 44.2 Å². The summed E-state index contributed by atoms with van der Waals surface area (Å²) in [4.78, 5) is 12.8. The number of halogens is 1. The molecule has 6 heteroatoms. The summed E-state index contributed by atoms with van der Waals surface area (Å²) in [6.07, 6.45) is 1.70. The lowest BCUT2D eigenvalue weighted by molar-refractivity contribution is 0.0954. The zero-order valence-corrected chi connectivity index (χ0v) is 20.1. The third-order valence-corrected chi connectivity index (χ3v) is 6.14. The van der Waals surface area contributed by atoms with E-state index in [9.17, 15) is 4.79 Å². The number of nitrogens with zero attached hydrogens (tertiary/aromatic N) is 3. The Kier molecular flexibility index (Phi) is 6.15. The number of amides is 1. The molecule has 0 spiro atoms. The number of nitrogens with one attached hydrogen (secondary N) is 1. The van der Waals surface area contributed by atoms with Crippen molar-refractivity contribution in [3.63, 3.8) is 0 Å². The van der Waals surface area contributed by atoms with Gasteiger partial charge in [0.25, 0.3) is 5.91 Å². The van der Waals surface area contributed by atoms with Gasteiger partial charge in [-0.25, -0.2) is 5.43 Å². The van der Waals surface area contributed by atoms with Crippen LogP contribution in [0.4, 0.5) is 0 Å². The number of hydrogen-bond acceptors (Lipinski definition) is 2. The Morgan fingerprint density at radius 3 is 2.12 bits per heavy atom. The highest BCUT2D eigenvalue weighted by atomic mass is 79.9. The smallest absolute Gasteiger partial charge is 0.273 e. The highest BCUT2D eigenvalue weighted by Gasteiger charge is 2.16. The van der Waals surface area contributed by atoms with Gasteiger partial charge < -0.3 is 9.13 Å². The van der Waals surface area contributed by atoms with Gasteiger partial charge in [0.05, 0.1) is 11.8 Å². The van der Waals surface area contributed by atoms with Crippen LogP contribution in [0, 0.1) is 27.7 Å². The predicted octanol–water partition coefficient (Wildman–Crippen LogP) is 6.03. The van der Waals surface area contributed by atoms with E-state index in [4.69, 9.17) is 0 Å². The number of benzene rings is 2. The largest absolute Gasteiger partial charge is 0.318 e. The van der Waals surface area contributed by atoms with Crippen LogP contribution in [0.3, 0.4) is 0 Å². The summed E-state index contributed by atoms with van der Waals surface area (Å²) in [6.45, 7) is 8.05. The summed E-state index contributed by atoms with van der Waals surface area (Å²) in [7, 11) is 0. The first-order valence-electron chi connectivity index (χ1n) is 10.4. The monoisotopic (exact) mass is 488 g/mol. The molecule has 0 saturated carbocycles. The first-order chi connectivity index (χ1) is 15.4. The number of aryl methyl sites for hydroxylation is 2. The van der Waals surface area contributed by atoms with Crippen LogP contribution in [0.1, 0.15) is 38.7 Å². The maximum absolute atomic E-state index is 12.8. The zero-order valence-electron chi connectivity index (χ0n) is 18.6. The van der Waals surface area contributed by atoms with Crippen molar-refractivity contribution in [1.29, 1.82) is 0 Å². The second-order valence-corrected chi connectivity index (χ2v) is 8.71. The molecule has 4 rings (SSSR count). The number of carbonyl (C=O) groups excluding carboxylic acids is 1. The summed E-state index contributed by atoms with van der Waals surface area (Å²) < 4.78 is 5.29. The van der Waals surface area contributed by atoms with E-state index >= 15 is 0 Å². The zero-order chi connectivity index (χ0) is 22.8. The molecule has 1 N–H and O–H groups in total. The van der Waals surface area contributed by atoms with Crippen LogP contribution in [0.15, 0.2) is 76.3 Å². The third kappa shape index (κ3) is 4.18. The molecule has 0 saturated heterocycles. The van der Waals surface area contributed by atoms with Crippen LogP contribution in [-0.4, -0.2) is 21.3 Å². The van der Waals surface area contributed by atoms with Crippen LogP contribution in [0.25, 0.3) is 11.4 Å². The maximum atomic E-state index is 12.8. The number of aromatic nitrogens is 2. The van der Waals surface area contributed by atoms with Gasteiger partial charge >= 0.3 is 0 Å². The summed E-state index contributed by atoms with van der Waals surface area (Å²) in [5.41, 5.74) is 10.4. The van der Waals surface area contributed by atoms with E-state index < -0.39 is 0 Å². The molecule has 2 aromatic heterocycles. The van der Waals surface area contributed by atoms with Gasteiger partial charge in [0.1, 0.15) is 0 Å². The van der Waals surface area contributed by atoms with Gasteiger partial charge in [-0.15, -0.1) is 0 Å². The number of rotatable bonds is 5. The molecule has 0 bridgehead atoms. The van der Waals surface area contributed by atoms with Crippen LogP contribution in [-0.2, 0) is 0 Å². The quantitative estimate of drug-likeness (QED) is 0.270. The molecule has 162 valence electrons. The molecule has 0 aliphatic rings. The highest BCUT2D eigenvalue weighted by Crippen LogP contribution is 2.22. The predicted molar refractivity (Wildman–Crippen MR) is 133 cm³/mol. The average Bonchev–Trinajstić information content (AvgIpc) is 3.23. The maximum Gasteiger partial charge on any atom is 0.273 e. The van der Waals surface area contributed by atoms with Crippen molar-refractivity contribution in [2.45, 2.75) is 27.7 Å². The van der Waals surface area contributed by atoms with Crippen LogP contribution < -0.4 is 5.43 Å². The second-order valence-electron chi connectivity index (χ2n) is 7.79.